The van der Waals surface area contributed by atoms with E-state index in [-0.39, 0.29) is 13.2 Å². The van der Waals surface area contributed by atoms with Crippen molar-refractivity contribution in [2.24, 2.45) is 4.99 Å². The second kappa shape index (κ2) is 6.48. The summed E-state index contributed by atoms with van der Waals surface area (Å²) in [5.74, 6) is 0. The van der Waals surface area contributed by atoms with E-state index in [1.54, 1.807) is 11.6 Å². The lowest BCUT2D eigenvalue weighted by atomic mass is 10.1. The Morgan fingerprint density at radius 2 is 2.28 bits per heavy atom. The largest absolute Gasteiger partial charge is 0.449 e. The van der Waals surface area contributed by atoms with Gasteiger partial charge >= 0.3 is 16.3 Å². The van der Waals surface area contributed by atoms with Crippen molar-refractivity contribution in [2.45, 2.75) is 32.4 Å². The van der Waals surface area contributed by atoms with Crippen LogP contribution in [0.25, 0.3) is 0 Å². The van der Waals surface area contributed by atoms with Gasteiger partial charge in [0.05, 0.1) is 6.61 Å². The fourth-order valence-corrected chi connectivity index (χ4v) is 2.91. The molecule has 1 unspecified atom stereocenters. The first-order valence-electron chi connectivity index (χ1n) is 5.54. The summed E-state index contributed by atoms with van der Waals surface area (Å²) < 4.78 is 31.0. The van der Waals surface area contributed by atoms with Crippen molar-refractivity contribution in [3.8, 4) is 0 Å². The third-order valence-electron chi connectivity index (χ3n) is 2.42. The van der Waals surface area contributed by atoms with E-state index in [1.165, 1.54) is 6.08 Å². The number of carbonyl (C=O) groups excluding carboxylic acids is 2. The molecule has 102 valence electrons. The average Bonchev–Trinajstić information content (AvgIpc) is 2.29. The first-order valence-corrected chi connectivity index (χ1v) is 6.98. The highest BCUT2D eigenvalue weighted by Gasteiger charge is 2.33. The van der Waals surface area contributed by atoms with Gasteiger partial charge < -0.3 is 4.74 Å². The van der Waals surface area contributed by atoms with E-state index in [1.807, 2.05) is 0 Å². The van der Waals surface area contributed by atoms with Gasteiger partial charge in [0.2, 0.25) is 6.08 Å². The summed E-state index contributed by atoms with van der Waals surface area (Å²) in [6.45, 7) is 1.83. The Kier molecular flexibility index (Phi) is 5.26. The summed E-state index contributed by atoms with van der Waals surface area (Å²) in [7, 11) is -4.04. The summed E-state index contributed by atoms with van der Waals surface area (Å²) in [6.07, 6.45) is 1.34. The molecule has 1 saturated heterocycles. The van der Waals surface area contributed by atoms with Gasteiger partial charge in [0.15, 0.2) is 0 Å². The number of hydrogen-bond donors (Lipinski definition) is 1. The molecule has 0 radical (unpaired) electrons. The topological polar surface area (TPSA) is 105 Å². The van der Waals surface area contributed by atoms with Crippen LogP contribution in [0.3, 0.4) is 0 Å². The number of nitrogens with one attached hydrogen (secondary N) is 1. The van der Waals surface area contributed by atoms with Crippen LogP contribution >= 0.6 is 0 Å². The fourth-order valence-electron chi connectivity index (χ4n) is 1.68. The molecular formula is C9H15N3O5S. The average molecular weight is 277 g/mol. The zero-order valence-electron chi connectivity index (χ0n) is 9.96. The number of ether oxygens (including phenoxy) is 1. The molecule has 1 aliphatic rings. The van der Waals surface area contributed by atoms with Gasteiger partial charge in [-0.15, -0.1) is 0 Å². The summed E-state index contributed by atoms with van der Waals surface area (Å²) >= 11 is 0. The van der Waals surface area contributed by atoms with Gasteiger partial charge in [-0.1, -0.05) is 0 Å². The molecule has 1 heterocycles. The first kappa shape index (κ1) is 14.6. The summed E-state index contributed by atoms with van der Waals surface area (Å²) in [5.41, 5.74) is 0. The molecular weight excluding hydrogens is 262 g/mol. The standard InChI is InChI=1S/C9H15N3O5S/c1-2-17-9(14)11-18(15,16)12-6-4-3-5-8(12)10-7-13/h8H,2-6H2,1H3,(H,11,14). The number of nitrogens with zero attached hydrogens (tertiary/aromatic N) is 2. The smallest absolute Gasteiger partial charge is 0.421 e. The Bertz CT molecular complexity index is 443. The van der Waals surface area contributed by atoms with Crippen LogP contribution in [0.2, 0.25) is 0 Å². The minimum atomic E-state index is -4.04. The van der Waals surface area contributed by atoms with Crippen molar-refractivity contribution < 1.29 is 22.7 Å². The van der Waals surface area contributed by atoms with E-state index in [9.17, 15) is 18.0 Å². The third kappa shape index (κ3) is 3.80. The lowest BCUT2D eigenvalue weighted by Crippen LogP contribution is -2.50. The zero-order valence-corrected chi connectivity index (χ0v) is 10.8. The number of piperidine rings is 1. The highest BCUT2D eigenvalue weighted by molar-refractivity contribution is 7.87. The van der Waals surface area contributed by atoms with Crippen LogP contribution in [0, 0.1) is 0 Å². The fraction of sp³-hybridized carbons (Fsp3) is 0.778. The maximum Gasteiger partial charge on any atom is 0.421 e. The molecule has 0 saturated carbocycles. The molecule has 1 fully saturated rings. The molecule has 1 aliphatic heterocycles. The van der Waals surface area contributed by atoms with Gasteiger partial charge in [-0.05, 0) is 26.2 Å². The Labute approximate surface area is 105 Å². The van der Waals surface area contributed by atoms with Crippen molar-refractivity contribution in [3.63, 3.8) is 0 Å². The molecule has 1 atom stereocenters. The van der Waals surface area contributed by atoms with Gasteiger partial charge in [0, 0.05) is 6.54 Å². The number of isocyanates is 1. The SMILES string of the molecule is CCOC(=O)NS(=O)(=O)N1CCCCC1N=C=O. The lowest BCUT2D eigenvalue weighted by molar-refractivity contribution is 0.157. The first-order chi connectivity index (χ1) is 8.51. The molecule has 1 N–H and O–H groups in total. The Morgan fingerprint density at radius 3 is 2.89 bits per heavy atom. The van der Waals surface area contributed by atoms with Crippen molar-refractivity contribution >= 4 is 22.4 Å². The molecule has 0 aromatic carbocycles. The number of amides is 1. The molecule has 0 aromatic heterocycles. The molecule has 0 bridgehead atoms. The van der Waals surface area contributed by atoms with Crippen LogP contribution in [-0.4, -0.2) is 44.2 Å². The molecule has 8 nitrogen and oxygen atoms in total. The molecule has 1 rings (SSSR count). The van der Waals surface area contributed by atoms with Gasteiger partial charge in [-0.2, -0.15) is 17.7 Å². The summed E-state index contributed by atoms with van der Waals surface area (Å²) in [6, 6.07) is 0. The van der Waals surface area contributed by atoms with E-state index in [0.29, 0.717) is 12.8 Å². The van der Waals surface area contributed by atoms with Gasteiger partial charge in [0.1, 0.15) is 6.17 Å². The van der Waals surface area contributed by atoms with Crippen molar-refractivity contribution in [3.05, 3.63) is 0 Å². The van der Waals surface area contributed by atoms with Crippen LogP contribution < -0.4 is 4.72 Å². The number of hydrogen-bond acceptors (Lipinski definition) is 6. The highest BCUT2D eigenvalue weighted by atomic mass is 32.2. The third-order valence-corrected chi connectivity index (χ3v) is 3.89. The van der Waals surface area contributed by atoms with Crippen molar-refractivity contribution in [1.29, 1.82) is 0 Å². The van der Waals surface area contributed by atoms with Crippen LogP contribution in [0.1, 0.15) is 26.2 Å². The van der Waals surface area contributed by atoms with E-state index in [0.717, 1.165) is 10.7 Å². The molecule has 1 amide bonds. The second-order valence-electron chi connectivity index (χ2n) is 3.64. The van der Waals surface area contributed by atoms with E-state index >= 15 is 0 Å². The highest BCUT2D eigenvalue weighted by Crippen LogP contribution is 2.20. The number of aliphatic imine (C=N–C) groups is 1. The van der Waals surface area contributed by atoms with Crippen LogP contribution in [0.5, 0.6) is 0 Å². The van der Waals surface area contributed by atoms with Crippen LogP contribution in [-0.2, 0) is 19.7 Å². The van der Waals surface area contributed by atoms with Gasteiger partial charge in [0.25, 0.3) is 0 Å². The minimum Gasteiger partial charge on any atom is -0.449 e. The predicted molar refractivity (Wildman–Crippen MR) is 61.5 cm³/mol. The van der Waals surface area contributed by atoms with Crippen LogP contribution in [0.4, 0.5) is 4.79 Å². The normalized spacial score (nSPS) is 20.8. The van der Waals surface area contributed by atoms with Gasteiger partial charge in [-0.3, -0.25) is 0 Å². The zero-order chi connectivity index (χ0) is 13.6. The Balaban J connectivity index is 2.81. The quantitative estimate of drug-likeness (QED) is 0.580. The maximum absolute atomic E-state index is 11.9. The predicted octanol–water partition coefficient (Wildman–Crippen LogP) is 0.125. The van der Waals surface area contributed by atoms with E-state index in [2.05, 4.69) is 9.73 Å². The molecule has 0 spiro atoms. The van der Waals surface area contributed by atoms with E-state index in [4.69, 9.17) is 0 Å². The molecule has 9 heteroatoms. The van der Waals surface area contributed by atoms with Crippen LogP contribution in [0.15, 0.2) is 4.99 Å². The summed E-state index contributed by atoms with van der Waals surface area (Å²) in [5, 5.41) is 0. The summed E-state index contributed by atoms with van der Waals surface area (Å²) in [4.78, 5) is 24.8. The number of rotatable bonds is 4. The minimum absolute atomic E-state index is 0.0667. The van der Waals surface area contributed by atoms with Gasteiger partial charge in [-0.25, -0.2) is 14.3 Å². The van der Waals surface area contributed by atoms with Crippen molar-refractivity contribution in [2.75, 3.05) is 13.2 Å². The number of carbonyl (C=O) groups is 1. The van der Waals surface area contributed by atoms with Crippen molar-refractivity contribution in [1.82, 2.24) is 9.03 Å². The molecule has 18 heavy (non-hydrogen) atoms. The van der Waals surface area contributed by atoms with E-state index < -0.39 is 22.5 Å². The lowest BCUT2D eigenvalue weighted by Gasteiger charge is -2.30. The Hall–Kier alpha value is -1.44. The monoisotopic (exact) mass is 277 g/mol. The molecule has 0 aliphatic carbocycles. The Morgan fingerprint density at radius 1 is 1.56 bits per heavy atom. The second-order valence-corrected chi connectivity index (χ2v) is 5.26. The maximum atomic E-state index is 11.9. The molecule has 0 aromatic rings.